The Morgan fingerprint density at radius 1 is 1.18 bits per heavy atom. The van der Waals surface area contributed by atoms with E-state index in [2.05, 4.69) is 10.4 Å². The first-order valence-corrected chi connectivity index (χ1v) is 9.10. The Balaban J connectivity index is 1.39. The summed E-state index contributed by atoms with van der Waals surface area (Å²) >= 11 is 5.95. The van der Waals surface area contributed by atoms with Crippen molar-refractivity contribution >= 4 is 23.2 Å². The first-order chi connectivity index (χ1) is 13.6. The van der Waals surface area contributed by atoms with E-state index in [1.165, 1.54) is 0 Å². The van der Waals surface area contributed by atoms with Crippen LogP contribution in [0.3, 0.4) is 0 Å². The molecule has 3 aromatic rings. The average Bonchev–Trinajstić information content (AvgIpc) is 3.16. The highest BCUT2D eigenvalue weighted by atomic mass is 35.5. The third-order valence-electron chi connectivity index (χ3n) is 4.16. The molecule has 8 heteroatoms. The number of benzene rings is 2. The minimum absolute atomic E-state index is 0.180. The zero-order chi connectivity index (χ0) is 19.5. The molecule has 0 aliphatic carbocycles. The molecule has 7 nitrogen and oxygen atoms in total. The van der Waals surface area contributed by atoms with Gasteiger partial charge < -0.3 is 19.5 Å². The van der Waals surface area contributed by atoms with Crippen molar-refractivity contribution in [3.05, 3.63) is 64.9 Å². The van der Waals surface area contributed by atoms with Crippen molar-refractivity contribution in [3.8, 4) is 17.2 Å². The van der Waals surface area contributed by atoms with Crippen molar-refractivity contribution in [3.63, 3.8) is 0 Å². The van der Waals surface area contributed by atoms with Crippen molar-refractivity contribution in [2.45, 2.75) is 13.7 Å². The summed E-state index contributed by atoms with van der Waals surface area (Å²) in [5.41, 5.74) is 1.82. The second-order valence-corrected chi connectivity index (χ2v) is 6.67. The SMILES string of the molecule is Cc1cc(Cl)ccc1OCn1ccc(C(=O)Nc2ccc3c(c2)OCCO3)n1. The number of amides is 1. The number of carbonyl (C=O) groups is 1. The molecule has 28 heavy (non-hydrogen) atoms. The summed E-state index contributed by atoms with van der Waals surface area (Å²) in [6.45, 7) is 3.10. The maximum absolute atomic E-state index is 12.4. The molecule has 0 unspecified atom stereocenters. The molecule has 2 aromatic carbocycles. The third-order valence-corrected chi connectivity index (χ3v) is 4.40. The van der Waals surface area contributed by atoms with Crippen LogP contribution in [-0.4, -0.2) is 28.9 Å². The van der Waals surface area contributed by atoms with Gasteiger partial charge in [-0.25, -0.2) is 4.68 Å². The van der Waals surface area contributed by atoms with E-state index in [0.29, 0.717) is 41.2 Å². The van der Waals surface area contributed by atoms with Gasteiger partial charge in [0.1, 0.15) is 19.0 Å². The van der Waals surface area contributed by atoms with Crippen LogP contribution < -0.4 is 19.5 Å². The van der Waals surface area contributed by atoms with Crippen LogP contribution in [0.25, 0.3) is 0 Å². The molecule has 144 valence electrons. The molecule has 1 aliphatic heterocycles. The van der Waals surface area contributed by atoms with Crippen LogP contribution in [0, 0.1) is 6.92 Å². The molecule has 0 saturated heterocycles. The maximum atomic E-state index is 12.4. The fraction of sp³-hybridized carbons (Fsp3) is 0.200. The Morgan fingerprint density at radius 2 is 2.00 bits per heavy atom. The topological polar surface area (TPSA) is 74.6 Å². The number of aromatic nitrogens is 2. The lowest BCUT2D eigenvalue weighted by molar-refractivity contribution is 0.102. The van der Waals surface area contributed by atoms with E-state index in [-0.39, 0.29) is 18.3 Å². The summed E-state index contributed by atoms with van der Waals surface area (Å²) in [6.07, 6.45) is 1.68. The molecule has 1 aromatic heterocycles. The second-order valence-electron chi connectivity index (χ2n) is 6.24. The van der Waals surface area contributed by atoms with Crippen LogP contribution in [-0.2, 0) is 6.73 Å². The van der Waals surface area contributed by atoms with E-state index in [1.54, 1.807) is 47.3 Å². The predicted octanol–water partition coefficient (Wildman–Crippen LogP) is 3.90. The zero-order valence-corrected chi connectivity index (χ0v) is 15.9. The van der Waals surface area contributed by atoms with Crippen LogP contribution >= 0.6 is 11.6 Å². The summed E-state index contributed by atoms with van der Waals surface area (Å²) in [7, 11) is 0. The summed E-state index contributed by atoms with van der Waals surface area (Å²) in [4.78, 5) is 12.4. The molecule has 0 saturated carbocycles. The highest BCUT2D eigenvalue weighted by molar-refractivity contribution is 6.30. The van der Waals surface area contributed by atoms with Gasteiger partial charge in [-0.05, 0) is 48.9 Å². The third kappa shape index (κ3) is 4.04. The molecule has 0 bridgehead atoms. The fourth-order valence-corrected chi connectivity index (χ4v) is 3.01. The minimum Gasteiger partial charge on any atom is -0.486 e. The second kappa shape index (κ2) is 7.82. The Hall–Kier alpha value is -3.19. The first-order valence-electron chi connectivity index (χ1n) is 8.72. The summed E-state index contributed by atoms with van der Waals surface area (Å²) in [6, 6.07) is 12.3. The molecular weight excluding hydrogens is 382 g/mol. The van der Waals surface area contributed by atoms with Crippen molar-refractivity contribution < 1.29 is 19.0 Å². The molecule has 0 fully saturated rings. The highest BCUT2D eigenvalue weighted by Crippen LogP contribution is 2.32. The zero-order valence-electron chi connectivity index (χ0n) is 15.1. The van der Waals surface area contributed by atoms with E-state index in [4.69, 9.17) is 25.8 Å². The molecule has 1 amide bonds. The molecule has 0 radical (unpaired) electrons. The standard InChI is InChI=1S/C20H18ClN3O4/c1-13-10-14(21)2-4-17(13)28-12-24-7-6-16(23-24)20(25)22-15-3-5-18-19(11-15)27-9-8-26-18/h2-7,10-11H,8-9,12H2,1H3,(H,22,25). The van der Waals surface area contributed by atoms with E-state index < -0.39 is 0 Å². The number of anilines is 1. The van der Waals surface area contributed by atoms with Gasteiger partial charge in [-0.1, -0.05) is 11.6 Å². The summed E-state index contributed by atoms with van der Waals surface area (Å²) in [5, 5.41) is 7.71. The lowest BCUT2D eigenvalue weighted by Gasteiger charge is -2.18. The van der Waals surface area contributed by atoms with Crippen molar-refractivity contribution in [2.24, 2.45) is 0 Å². The number of hydrogen-bond acceptors (Lipinski definition) is 5. The van der Waals surface area contributed by atoms with Gasteiger partial charge in [0.05, 0.1) is 0 Å². The van der Waals surface area contributed by atoms with Crippen molar-refractivity contribution in [1.29, 1.82) is 0 Å². The monoisotopic (exact) mass is 399 g/mol. The molecular formula is C20H18ClN3O4. The van der Waals surface area contributed by atoms with Crippen LogP contribution in [0.15, 0.2) is 48.7 Å². The van der Waals surface area contributed by atoms with Gasteiger partial charge in [-0.2, -0.15) is 5.10 Å². The number of carbonyl (C=O) groups excluding carboxylic acids is 1. The van der Waals surface area contributed by atoms with Gasteiger partial charge in [0.25, 0.3) is 5.91 Å². The number of hydrogen-bond donors (Lipinski definition) is 1. The molecule has 0 spiro atoms. The molecule has 2 heterocycles. The van der Waals surface area contributed by atoms with Crippen LogP contribution in [0.2, 0.25) is 5.02 Å². The normalized spacial score (nSPS) is 12.5. The lowest BCUT2D eigenvalue weighted by atomic mass is 10.2. The number of fused-ring (bicyclic) bond motifs is 1. The number of halogens is 1. The Labute approximate surface area is 166 Å². The lowest BCUT2D eigenvalue weighted by Crippen LogP contribution is -2.17. The van der Waals surface area contributed by atoms with Crippen LogP contribution in [0.5, 0.6) is 17.2 Å². The van der Waals surface area contributed by atoms with Crippen molar-refractivity contribution in [2.75, 3.05) is 18.5 Å². The molecule has 1 N–H and O–H groups in total. The quantitative estimate of drug-likeness (QED) is 0.704. The van der Waals surface area contributed by atoms with Gasteiger partial charge in [0.15, 0.2) is 23.9 Å². The number of nitrogens with one attached hydrogen (secondary N) is 1. The maximum Gasteiger partial charge on any atom is 0.276 e. The van der Waals surface area contributed by atoms with Gasteiger partial charge in [-0.15, -0.1) is 0 Å². The number of ether oxygens (including phenoxy) is 3. The summed E-state index contributed by atoms with van der Waals surface area (Å²) < 4.78 is 18.3. The summed E-state index contributed by atoms with van der Waals surface area (Å²) in [5.74, 6) is 1.67. The predicted molar refractivity (Wildman–Crippen MR) is 104 cm³/mol. The Morgan fingerprint density at radius 3 is 2.82 bits per heavy atom. The minimum atomic E-state index is -0.321. The van der Waals surface area contributed by atoms with Gasteiger partial charge in [0, 0.05) is 23.0 Å². The fourth-order valence-electron chi connectivity index (χ4n) is 2.78. The molecule has 1 aliphatic rings. The molecule has 4 rings (SSSR count). The van der Waals surface area contributed by atoms with Gasteiger partial charge in [0.2, 0.25) is 0 Å². The van der Waals surface area contributed by atoms with Crippen molar-refractivity contribution in [1.82, 2.24) is 9.78 Å². The largest absolute Gasteiger partial charge is 0.486 e. The number of rotatable bonds is 5. The highest BCUT2D eigenvalue weighted by Gasteiger charge is 2.15. The van der Waals surface area contributed by atoms with E-state index in [0.717, 1.165) is 5.56 Å². The van der Waals surface area contributed by atoms with Crippen LogP contribution in [0.4, 0.5) is 5.69 Å². The first kappa shape index (κ1) is 18.2. The number of nitrogens with zero attached hydrogens (tertiary/aromatic N) is 2. The van der Waals surface area contributed by atoms with E-state index >= 15 is 0 Å². The van der Waals surface area contributed by atoms with Gasteiger partial charge >= 0.3 is 0 Å². The van der Waals surface area contributed by atoms with E-state index in [9.17, 15) is 4.79 Å². The van der Waals surface area contributed by atoms with Crippen LogP contribution in [0.1, 0.15) is 16.1 Å². The Bertz CT molecular complexity index is 1020. The molecule has 0 atom stereocenters. The Kier molecular flexibility index (Phi) is 5.08. The number of aryl methyl sites for hydroxylation is 1. The van der Waals surface area contributed by atoms with Gasteiger partial charge in [-0.3, -0.25) is 4.79 Å². The smallest absolute Gasteiger partial charge is 0.276 e. The average molecular weight is 400 g/mol. The van der Waals surface area contributed by atoms with E-state index in [1.807, 2.05) is 13.0 Å².